The van der Waals surface area contributed by atoms with Gasteiger partial charge in [0.2, 0.25) is 6.29 Å². The van der Waals surface area contributed by atoms with E-state index in [-0.39, 0.29) is 6.29 Å². The third-order valence-electron chi connectivity index (χ3n) is 1.46. The maximum Gasteiger partial charge on any atom is 0.284 e. The summed E-state index contributed by atoms with van der Waals surface area (Å²) in [5, 5.41) is 2.44. The number of carbonyl (C=O) groups excluding carboxylic acids is 2. The van der Waals surface area contributed by atoms with Crippen molar-refractivity contribution in [2.24, 2.45) is 0 Å². The molecule has 0 radical (unpaired) electrons. The monoisotopic (exact) mass is 166 g/mol. The third-order valence-corrected chi connectivity index (χ3v) is 1.46. The Bertz CT molecular complexity index is 254. The van der Waals surface area contributed by atoms with Crippen LogP contribution in [0, 0.1) is 0 Å². The molecule has 0 spiro atoms. The van der Waals surface area contributed by atoms with Crippen LogP contribution in [-0.2, 0) is 16.0 Å². The zero-order valence-corrected chi connectivity index (χ0v) is 6.54. The molecule has 4 heteroatoms. The Morgan fingerprint density at radius 3 is 3.08 bits per heavy atom. The number of hydrogen-bond acceptors (Lipinski definition) is 2. The first-order valence-electron chi connectivity index (χ1n) is 3.68. The summed E-state index contributed by atoms with van der Waals surface area (Å²) < 4.78 is 0. The second kappa shape index (κ2) is 4.33. The minimum Gasteiger partial charge on any atom is -0.365 e. The summed E-state index contributed by atoms with van der Waals surface area (Å²) in [6.07, 6.45) is 2.80. The van der Waals surface area contributed by atoms with E-state index in [4.69, 9.17) is 0 Å². The molecule has 4 nitrogen and oxygen atoms in total. The molecule has 1 rings (SSSR count). The molecule has 0 aliphatic carbocycles. The van der Waals surface area contributed by atoms with Gasteiger partial charge in [-0.05, 0) is 12.1 Å². The van der Waals surface area contributed by atoms with Crippen LogP contribution in [0.15, 0.2) is 18.3 Å². The van der Waals surface area contributed by atoms with E-state index in [0.717, 1.165) is 5.69 Å². The van der Waals surface area contributed by atoms with Gasteiger partial charge in [0.1, 0.15) is 0 Å². The summed E-state index contributed by atoms with van der Waals surface area (Å²) in [7, 11) is 0. The van der Waals surface area contributed by atoms with Crippen molar-refractivity contribution < 1.29 is 9.59 Å². The van der Waals surface area contributed by atoms with E-state index in [1.54, 1.807) is 0 Å². The smallest absolute Gasteiger partial charge is 0.284 e. The number of H-pyrrole nitrogens is 1. The van der Waals surface area contributed by atoms with Crippen LogP contribution < -0.4 is 5.32 Å². The fraction of sp³-hybridized carbons (Fsp3) is 0.250. The van der Waals surface area contributed by atoms with Crippen LogP contribution in [0.25, 0.3) is 0 Å². The number of hydrogen-bond donors (Lipinski definition) is 2. The molecule has 0 aromatic carbocycles. The first-order valence-corrected chi connectivity index (χ1v) is 3.68. The molecular formula is C8H10N2O2. The maximum absolute atomic E-state index is 10.5. The summed E-state index contributed by atoms with van der Waals surface area (Å²) in [6.45, 7) is 0.484. The van der Waals surface area contributed by atoms with Gasteiger partial charge in [-0.2, -0.15) is 0 Å². The minimum absolute atomic E-state index is 0.273. The third kappa shape index (κ3) is 2.57. The highest BCUT2D eigenvalue weighted by Crippen LogP contribution is 1.93. The summed E-state index contributed by atoms with van der Waals surface area (Å²) in [5.41, 5.74) is 1.04. The summed E-state index contributed by atoms with van der Waals surface area (Å²) in [6, 6.07) is 3.81. The first-order chi connectivity index (χ1) is 5.83. The molecule has 1 amide bonds. The minimum atomic E-state index is -0.568. The van der Waals surface area contributed by atoms with E-state index >= 15 is 0 Å². The number of nitrogens with one attached hydrogen (secondary N) is 2. The summed E-state index contributed by atoms with van der Waals surface area (Å²) in [4.78, 5) is 23.3. The molecule has 1 aromatic rings. The van der Waals surface area contributed by atoms with Gasteiger partial charge in [-0.1, -0.05) is 0 Å². The van der Waals surface area contributed by atoms with Crippen molar-refractivity contribution in [3.05, 3.63) is 24.0 Å². The molecule has 2 N–H and O–H groups in total. The van der Waals surface area contributed by atoms with Crippen LogP contribution >= 0.6 is 0 Å². The summed E-state index contributed by atoms with van der Waals surface area (Å²) >= 11 is 0. The van der Waals surface area contributed by atoms with Gasteiger partial charge in [-0.3, -0.25) is 9.59 Å². The van der Waals surface area contributed by atoms with Gasteiger partial charge < -0.3 is 10.3 Å². The lowest BCUT2D eigenvalue weighted by Gasteiger charge is -1.98. The Labute approximate surface area is 70.0 Å². The molecule has 0 atom stereocenters. The number of rotatable bonds is 4. The number of carbonyl (C=O) groups is 2. The van der Waals surface area contributed by atoms with Crippen LogP contribution in [-0.4, -0.2) is 23.7 Å². The molecule has 0 unspecified atom stereocenters. The van der Waals surface area contributed by atoms with Crippen LogP contribution in [0.4, 0.5) is 0 Å². The molecule has 0 fully saturated rings. The Hall–Kier alpha value is -1.58. The van der Waals surface area contributed by atoms with Crippen LogP contribution in [0.2, 0.25) is 0 Å². The van der Waals surface area contributed by atoms with E-state index < -0.39 is 5.91 Å². The molecule has 0 aliphatic rings. The molecule has 0 saturated heterocycles. The molecule has 12 heavy (non-hydrogen) atoms. The highest BCUT2D eigenvalue weighted by Gasteiger charge is 1.96. The number of aromatic nitrogens is 1. The van der Waals surface area contributed by atoms with Crippen molar-refractivity contribution in [2.75, 3.05) is 6.54 Å². The Morgan fingerprint density at radius 1 is 1.67 bits per heavy atom. The van der Waals surface area contributed by atoms with Crippen molar-refractivity contribution in [3.63, 3.8) is 0 Å². The van der Waals surface area contributed by atoms with E-state index in [2.05, 4.69) is 10.3 Å². The molecular weight excluding hydrogens is 156 g/mol. The Kier molecular flexibility index (Phi) is 3.07. The van der Waals surface area contributed by atoms with Crippen molar-refractivity contribution >= 4 is 12.2 Å². The highest BCUT2D eigenvalue weighted by molar-refractivity contribution is 6.23. The molecule has 0 aliphatic heterocycles. The van der Waals surface area contributed by atoms with Gasteiger partial charge in [-0.15, -0.1) is 0 Å². The zero-order chi connectivity index (χ0) is 8.81. The van der Waals surface area contributed by atoms with Crippen molar-refractivity contribution in [3.8, 4) is 0 Å². The van der Waals surface area contributed by atoms with Gasteiger partial charge in [0, 0.05) is 24.9 Å². The van der Waals surface area contributed by atoms with Crippen LogP contribution in [0.3, 0.4) is 0 Å². The topological polar surface area (TPSA) is 62.0 Å². The lowest BCUT2D eigenvalue weighted by Crippen LogP contribution is -2.26. The quantitative estimate of drug-likeness (QED) is 0.483. The van der Waals surface area contributed by atoms with Gasteiger partial charge in [0.15, 0.2) is 0 Å². The Morgan fingerprint density at radius 2 is 2.50 bits per heavy atom. The van der Waals surface area contributed by atoms with Gasteiger partial charge in [-0.25, -0.2) is 0 Å². The van der Waals surface area contributed by atoms with Crippen molar-refractivity contribution in [1.29, 1.82) is 0 Å². The van der Waals surface area contributed by atoms with Crippen LogP contribution in [0.1, 0.15) is 5.69 Å². The molecule has 1 aromatic heterocycles. The molecule has 1 heterocycles. The van der Waals surface area contributed by atoms with Crippen molar-refractivity contribution in [2.45, 2.75) is 6.42 Å². The fourth-order valence-electron chi connectivity index (χ4n) is 0.885. The largest absolute Gasteiger partial charge is 0.365 e. The predicted octanol–water partition coefficient (Wildman–Crippen LogP) is -0.128. The lowest BCUT2D eigenvalue weighted by atomic mass is 10.3. The normalized spacial score (nSPS) is 9.33. The van der Waals surface area contributed by atoms with E-state index in [1.807, 2.05) is 18.3 Å². The maximum atomic E-state index is 10.5. The second-order valence-electron chi connectivity index (χ2n) is 2.35. The number of aromatic amines is 1. The van der Waals surface area contributed by atoms with Crippen molar-refractivity contribution in [1.82, 2.24) is 10.3 Å². The molecule has 64 valence electrons. The SMILES string of the molecule is O=CC(=O)NCCc1ccc[nH]1. The van der Waals surface area contributed by atoms with Gasteiger partial charge in [0.25, 0.3) is 5.91 Å². The first kappa shape index (κ1) is 8.52. The average molecular weight is 166 g/mol. The average Bonchev–Trinajstić information content (AvgIpc) is 2.57. The molecule has 0 bridgehead atoms. The Balaban J connectivity index is 2.19. The van der Waals surface area contributed by atoms with Gasteiger partial charge in [0.05, 0.1) is 0 Å². The predicted molar refractivity (Wildman–Crippen MR) is 43.6 cm³/mol. The highest BCUT2D eigenvalue weighted by atomic mass is 16.2. The zero-order valence-electron chi connectivity index (χ0n) is 6.54. The number of amides is 1. The number of aldehydes is 1. The molecule has 0 saturated carbocycles. The fourth-order valence-corrected chi connectivity index (χ4v) is 0.885. The van der Waals surface area contributed by atoms with Crippen LogP contribution in [0.5, 0.6) is 0 Å². The standard InChI is InChI=1S/C8H10N2O2/c11-6-8(12)10-5-3-7-2-1-4-9-7/h1-2,4,6,9H,3,5H2,(H,10,12). The van der Waals surface area contributed by atoms with Gasteiger partial charge >= 0.3 is 0 Å². The van der Waals surface area contributed by atoms with E-state index in [0.29, 0.717) is 13.0 Å². The van der Waals surface area contributed by atoms with E-state index in [9.17, 15) is 9.59 Å². The summed E-state index contributed by atoms with van der Waals surface area (Å²) in [5.74, 6) is -0.568. The second-order valence-corrected chi connectivity index (χ2v) is 2.35. The van der Waals surface area contributed by atoms with E-state index in [1.165, 1.54) is 0 Å². The lowest BCUT2D eigenvalue weighted by molar-refractivity contribution is -0.131.